The van der Waals surface area contributed by atoms with Crippen molar-refractivity contribution < 1.29 is 22.7 Å². The van der Waals surface area contributed by atoms with Gasteiger partial charge in [0.15, 0.2) is 0 Å². The third-order valence-electron chi connectivity index (χ3n) is 4.54. The maximum atomic E-state index is 12.5. The molecule has 0 aliphatic carbocycles. The number of rotatable bonds is 6. The smallest absolute Gasteiger partial charge is 0.405 e. The lowest BCUT2D eigenvalue weighted by Gasteiger charge is -2.20. The van der Waals surface area contributed by atoms with E-state index in [9.17, 15) is 22.8 Å². The number of amides is 1. The standard InChI is InChI=1S/C20H20F3N3O3/c1-12-15(13(2)25-19(28)16(12)10-24)8-9-18(27)26(3)11-14-6-4-5-7-17(14)29-20(21,22)23/h4-7H,8-9,11H2,1-3H3,(H,25,28). The molecule has 2 rings (SSSR count). The quantitative estimate of drug-likeness (QED) is 0.796. The maximum Gasteiger partial charge on any atom is 0.573 e. The number of carbonyl (C=O) groups excluding carboxylic acids is 1. The average molecular weight is 407 g/mol. The van der Waals surface area contributed by atoms with Gasteiger partial charge in [-0.2, -0.15) is 5.26 Å². The average Bonchev–Trinajstić information content (AvgIpc) is 2.61. The van der Waals surface area contributed by atoms with Gasteiger partial charge in [-0.3, -0.25) is 9.59 Å². The van der Waals surface area contributed by atoms with E-state index in [4.69, 9.17) is 5.26 Å². The summed E-state index contributed by atoms with van der Waals surface area (Å²) in [5.41, 5.74) is 1.55. The van der Waals surface area contributed by atoms with Gasteiger partial charge in [-0.1, -0.05) is 18.2 Å². The minimum absolute atomic E-state index is 0.00429. The van der Waals surface area contributed by atoms with Crippen molar-refractivity contribution in [3.05, 3.63) is 62.6 Å². The maximum absolute atomic E-state index is 12.5. The zero-order valence-electron chi connectivity index (χ0n) is 16.2. The van der Waals surface area contributed by atoms with Crippen molar-refractivity contribution in [3.8, 4) is 11.8 Å². The van der Waals surface area contributed by atoms with E-state index in [2.05, 4.69) is 9.72 Å². The number of nitrogens with one attached hydrogen (secondary N) is 1. The molecule has 0 aliphatic heterocycles. The number of carbonyl (C=O) groups is 1. The van der Waals surface area contributed by atoms with Gasteiger partial charge in [-0.15, -0.1) is 13.2 Å². The van der Waals surface area contributed by atoms with Crippen LogP contribution in [0.1, 0.15) is 34.4 Å². The molecule has 0 radical (unpaired) electrons. The number of pyridine rings is 1. The van der Waals surface area contributed by atoms with E-state index in [-0.39, 0.29) is 42.2 Å². The van der Waals surface area contributed by atoms with Gasteiger partial charge in [-0.25, -0.2) is 0 Å². The number of hydrogen-bond acceptors (Lipinski definition) is 4. The molecule has 1 N–H and O–H groups in total. The summed E-state index contributed by atoms with van der Waals surface area (Å²) in [6.45, 7) is 3.27. The summed E-state index contributed by atoms with van der Waals surface area (Å²) >= 11 is 0. The van der Waals surface area contributed by atoms with Gasteiger partial charge in [0.2, 0.25) is 5.91 Å². The summed E-state index contributed by atoms with van der Waals surface area (Å²) in [4.78, 5) is 28.2. The fourth-order valence-corrected chi connectivity index (χ4v) is 3.05. The number of H-pyrrole nitrogens is 1. The molecule has 0 atom stereocenters. The topological polar surface area (TPSA) is 86.2 Å². The Bertz CT molecular complexity index is 1010. The Morgan fingerprint density at radius 3 is 2.55 bits per heavy atom. The van der Waals surface area contributed by atoms with Crippen LogP contribution in [0.5, 0.6) is 5.75 Å². The summed E-state index contributed by atoms with van der Waals surface area (Å²) in [5, 5.41) is 9.11. The van der Waals surface area contributed by atoms with Gasteiger partial charge in [0, 0.05) is 31.3 Å². The van der Waals surface area contributed by atoms with Gasteiger partial charge >= 0.3 is 6.36 Å². The zero-order valence-corrected chi connectivity index (χ0v) is 16.2. The van der Waals surface area contributed by atoms with Gasteiger partial charge in [0.05, 0.1) is 0 Å². The minimum Gasteiger partial charge on any atom is -0.405 e. The number of aromatic amines is 1. The van der Waals surface area contributed by atoms with Crippen LogP contribution in [0.2, 0.25) is 0 Å². The van der Waals surface area contributed by atoms with E-state index < -0.39 is 11.9 Å². The highest BCUT2D eigenvalue weighted by Crippen LogP contribution is 2.27. The fraction of sp³-hybridized carbons (Fsp3) is 0.350. The third-order valence-corrected chi connectivity index (χ3v) is 4.54. The van der Waals surface area contributed by atoms with Crippen molar-refractivity contribution in [2.75, 3.05) is 7.05 Å². The second-order valence-corrected chi connectivity index (χ2v) is 6.57. The number of halogens is 3. The first-order valence-electron chi connectivity index (χ1n) is 8.73. The molecule has 0 unspecified atom stereocenters. The molecule has 0 saturated carbocycles. The molecule has 1 heterocycles. The van der Waals surface area contributed by atoms with Crippen molar-refractivity contribution in [1.82, 2.24) is 9.88 Å². The number of benzene rings is 1. The van der Waals surface area contributed by atoms with Crippen LogP contribution in [-0.4, -0.2) is 29.2 Å². The molecule has 154 valence electrons. The van der Waals surface area contributed by atoms with Crippen molar-refractivity contribution >= 4 is 5.91 Å². The normalized spacial score (nSPS) is 11.1. The lowest BCUT2D eigenvalue weighted by atomic mass is 9.99. The number of hydrogen-bond donors (Lipinski definition) is 1. The van der Waals surface area contributed by atoms with Crippen LogP contribution in [0.15, 0.2) is 29.1 Å². The lowest BCUT2D eigenvalue weighted by Crippen LogP contribution is -2.27. The van der Waals surface area contributed by atoms with E-state index in [1.807, 2.05) is 6.07 Å². The molecule has 2 aromatic rings. The van der Waals surface area contributed by atoms with E-state index in [1.165, 1.54) is 30.1 Å². The van der Waals surface area contributed by atoms with Crippen molar-refractivity contribution in [2.24, 2.45) is 0 Å². The van der Waals surface area contributed by atoms with E-state index in [1.54, 1.807) is 19.9 Å². The predicted octanol–water partition coefficient (Wildman–Crippen LogP) is 3.35. The van der Waals surface area contributed by atoms with Crippen molar-refractivity contribution in [1.29, 1.82) is 5.26 Å². The number of aryl methyl sites for hydroxylation is 1. The Morgan fingerprint density at radius 1 is 1.28 bits per heavy atom. The molecule has 6 nitrogen and oxygen atoms in total. The lowest BCUT2D eigenvalue weighted by molar-refractivity contribution is -0.275. The van der Waals surface area contributed by atoms with E-state index in [0.29, 0.717) is 16.8 Å². The molecule has 1 amide bonds. The van der Waals surface area contributed by atoms with E-state index >= 15 is 0 Å². The summed E-state index contributed by atoms with van der Waals surface area (Å²) in [5.74, 6) is -0.652. The number of nitrogens with zero attached hydrogens (tertiary/aromatic N) is 2. The monoisotopic (exact) mass is 407 g/mol. The Labute approximate surface area is 165 Å². The highest BCUT2D eigenvalue weighted by molar-refractivity contribution is 5.76. The van der Waals surface area contributed by atoms with Crippen LogP contribution in [-0.2, 0) is 17.8 Å². The Kier molecular flexibility index (Phi) is 6.69. The number of ether oxygens (including phenoxy) is 1. The molecule has 29 heavy (non-hydrogen) atoms. The number of aromatic nitrogens is 1. The number of nitriles is 1. The fourth-order valence-electron chi connectivity index (χ4n) is 3.05. The van der Waals surface area contributed by atoms with Gasteiger partial charge < -0.3 is 14.6 Å². The summed E-state index contributed by atoms with van der Waals surface area (Å²) < 4.78 is 41.6. The van der Waals surface area contributed by atoms with Gasteiger partial charge in [-0.05, 0) is 37.5 Å². The SMILES string of the molecule is Cc1[nH]c(=O)c(C#N)c(C)c1CCC(=O)N(C)Cc1ccccc1OC(F)(F)F. The molecule has 9 heteroatoms. The molecule has 0 saturated heterocycles. The highest BCUT2D eigenvalue weighted by atomic mass is 19.4. The van der Waals surface area contributed by atoms with E-state index in [0.717, 1.165) is 0 Å². The predicted molar refractivity (Wildman–Crippen MR) is 99.2 cm³/mol. The van der Waals surface area contributed by atoms with Crippen LogP contribution in [0.4, 0.5) is 13.2 Å². The zero-order chi connectivity index (χ0) is 21.8. The van der Waals surface area contributed by atoms with Crippen molar-refractivity contribution in [3.63, 3.8) is 0 Å². The first kappa shape index (κ1) is 22.0. The number of para-hydroxylation sites is 1. The second kappa shape index (κ2) is 8.82. The van der Waals surface area contributed by atoms with Crippen LogP contribution in [0.25, 0.3) is 0 Å². The minimum atomic E-state index is -4.82. The summed E-state index contributed by atoms with van der Waals surface area (Å²) in [7, 11) is 1.49. The molecular formula is C20H20F3N3O3. The third kappa shape index (κ3) is 5.60. The second-order valence-electron chi connectivity index (χ2n) is 6.57. The molecule has 0 fully saturated rings. The molecule has 1 aromatic heterocycles. The molecular weight excluding hydrogens is 387 g/mol. The summed E-state index contributed by atoms with van der Waals surface area (Å²) in [6, 6.07) is 7.49. The summed E-state index contributed by atoms with van der Waals surface area (Å²) in [6.07, 6.45) is -4.47. The first-order valence-corrected chi connectivity index (χ1v) is 8.73. The van der Waals surface area contributed by atoms with Crippen LogP contribution in [0.3, 0.4) is 0 Å². The molecule has 0 aliphatic rings. The van der Waals surface area contributed by atoms with Crippen LogP contribution < -0.4 is 10.3 Å². The molecule has 0 bridgehead atoms. The molecule has 1 aromatic carbocycles. The van der Waals surface area contributed by atoms with Gasteiger partial charge in [0.1, 0.15) is 17.4 Å². The van der Waals surface area contributed by atoms with Crippen LogP contribution in [0, 0.1) is 25.2 Å². The number of alkyl halides is 3. The largest absolute Gasteiger partial charge is 0.573 e. The Balaban J connectivity index is 2.11. The highest BCUT2D eigenvalue weighted by Gasteiger charge is 2.32. The Hall–Kier alpha value is -3.28. The van der Waals surface area contributed by atoms with Crippen LogP contribution >= 0.6 is 0 Å². The van der Waals surface area contributed by atoms with Crippen molar-refractivity contribution in [2.45, 2.75) is 39.6 Å². The molecule has 0 spiro atoms. The Morgan fingerprint density at radius 2 is 1.93 bits per heavy atom. The first-order chi connectivity index (χ1) is 13.5. The van der Waals surface area contributed by atoms with Gasteiger partial charge in [0.25, 0.3) is 5.56 Å².